The zero-order chi connectivity index (χ0) is 25.3. The highest BCUT2D eigenvalue weighted by Crippen LogP contribution is 2.43. The summed E-state index contributed by atoms with van der Waals surface area (Å²) in [7, 11) is 0. The smallest absolute Gasteiger partial charge is 0.379 e. The fourth-order valence-corrected chi connectivity index (χ4v) is 5.45. The predicted octanol–water partition coefficient (Wildman–Crippen LogP) is 3.54. The van der Waals surface area contributed by atoms with Crippen molar-refractivity contribution < 1.29 is 37.9 Å². The Hall–Kier alpha value is -2.79. The molecule has 1 aromatic carbocycles. The largest absolute Gasteiger partial charge is 0.457 e. The minimum absolute atomic E-state index is 0.0411. The number of imide groups is 1. The van der Waals surface area contributed by atoms with E-state index >= 15 is 0 Å². The summed E-state index contributed by atoms with van der Waals surface area (Å²) in [6.07, 6.45) is 2.34. The number of ether oxygens (including phenoxy) is 2. The van der Waals surface area contributed by atoms with Crippen LogP contribution in [0.1, 0.15) is 40.7 Å². The van der Waals surface area contributed by atoms with Gasteiger partial charge in [0.05, 0.1) is 18.1 Å². The number of carbonyl (C=O) groups excluding carboxylic acids is 5. The van der Waals surface area contributed by atoms with Gasteiger partial charge in [0.1, 0.15) is 11.8 Å². The van der Waals surface area contributed by atoms with Crippen LogP contribution >= 0.6 is 31.9 Å². The zero-order valence-corrected chi connectivity index (χ0v) is 21.7. The summed E-state index contributed by atoms with van der Waals surface area (Å²) < 4.78 is 15.2. The van der Waals surface area contributed by atoms with Crippen molar-refractivity contribution in [3.8, 4) is 5.75 Å². The van der Waals surface area contributed by atoms with E-state index < -0.39 is 42.2 Å². The van der Waals surface area contributed by atoms with Gasteiger partial charge in [-0.1, -0.05) is 31.9 Å². The van der Waals surface area contributed by atoms with Crippen molar-refractivity contribution in [1.29, 1.82) is 0 Å². The molecule has 2 amide bonds. The van der Waals surface area contributed by atoms with E-state index in [0.717, 1.165) is 4.90 Å². The van der Waals surface area contributed by atoms with Gasteiger partial charge in [0.15, 0.2) is 12.4 Å². The lowest BCUT2D eigenvalue weighted by atomic mass is 9.81. The van der Waals surface area contributed by atoms with Crippen molar-refractivity contribution in [2.45, 2.75) is 35.5 Å². The first-order chi connectivity index (χ1) is 16.7. The van der Waals surface area contributed by atoms with E-state index in [-0.39, 0.29) is 38.5 Å². The molecule has 1 aromatic heterocycles. The van der Waals surface area contributed by atoms with Crippen molar-refractivity contribution in [2.75, 3.05) is 6.61 Å². The molecule has 2 heterocycles. The number of ketones is 1. The zero-order valence-electron chi connectivity index (χ0n) is 18.5. The maximum atomic E-state index is 12.8. The number of rotatable bonds is 7. The number of Topliss-reactive ketones (excluding diaryl/α,β-unsaturated/α-hetero) is 1. The van der Waals surface area contributed by atoms with Crippen LogP contribution in [0.25, 0.3) is 0 Å². The van der Waals surface area contributed by atoms with Gasteiger partial charge >= 0.3 is 11.9 Å². The maximum Gasteiger partial charge on any atom is 0.379 e. The number of carbonyl (C=O) groups is 5. The summed E-state index contributed by atoms with van der Waals surface area (Å²) in [6.45, 7) is 0.851. The summed E-state index contributed by atoms with van der Waals surface area (Å²) in [6, 6.07) is 7.58. The second kappa shape index (κ2) is 10.4. The molecule has 0 spiro atoms. The molecular formula is C24H21Br2NO8. The van der Waals surface area contributed by atoms with E-state index in [1.807, 2.05) is 0 Å². The van der Waals surface area contributed by atoms with Gasteiger partial charge in [-0.3, -0.25) is 19.3 Å². The third kappa shape index (κ3) is 5.25. The van der Waals surface area contributed by atoms with Crippen LogP contribution in [-0.4, -0.2) is 56.7 Å². The number of esters is 2. The number of fused-ring (bicyclic) bond motifs is 1. The molecule has 11 heteroatoms. The Morgan fingerprint density at radius 3 is 2.17 bits per heavy atom. The van der Waals surface area contributed by atoms with Crippen LogP contribution in [0.2, 0.25) is 0 Å². The minimum Gasteiger partial charge on any atom is -0.457 e. The highest BCUT2D eigenvalue weighted by atomic mass is 79.9. The molecule has 2 fully saturated rings. The molecule has 2 aromatic rings. The number of benzene rings is 1. The van der Waals surface area contributed by atoms with E-state index in [2.05, 4.69) is 31.9 Å². The summed E-state index contributed by atoms with van der Waals surface area (Å²) in [4.78, 5) is 63.7. The van der Waals surface area contributed by atoms with E-state index in [4.69, 9.17) is 13.9 Å². The number of likely N-dealkylation sites (tertiary alicyclic amines) is 1. The number of amides is 2. The van der Waals surface area contributed by atoms with Gasteiger partial charge in [-0.2, -0.15) is 0 Å². The van der Waals surface area contributed by atoms with Crippen LogP contribution in [0.4, 0.5) is 0 Å². The molecule has 1 aliphatic heterocycles. The van der Waals surface area contributed by atoms with Crippen molar-refractivity contribution in [3.05, 3.63) is 54.0 Å². The molecule has 1 aliphatic carbocycles. The van der Waals surface area contributed by atoms with Crippen LogP contribution in [0.15, 0.2) is 47.1 Å². The Kier molecular flexibility index (Phi) is 7.56. The van der Waals surface area contributed by atoms with Gasteiger partial charge in [0.25, 0.3) is 0 Å². The molecule has 5 unspecified atom stereocenters. The lowest BCUT2D eigenvalue weighted by Gasteiger charge is -2.29. The van der Waals surface area contributed by atoms with Gasteiger partial charge in [-0.05, 0) is 56.2 Å². The van der Waals surface area contributed by atoms with Gasteiger partial charge in [-0.15, -0.1) is 0 Å². The fraction of sp³-hybridized carbons (Fsp3) is 0.375. The molecule has 0 radical (unpaired) electrons. The van der Waals surface area contributed by atoms with Crippen LogP contribution in [0.3, 0.4) is 0 Å². The molecular weight excluding hydrogens is 590 g/mol. The number of nitrogens with zero attached hydrogens (tertiary/aromatic N) is 1. The first kappa shape index (κ1) is 25.3. The van der Waals surface area contributed by atoms with E-state index in [9.17, 15) is 24.0 Å². The number of hydrogen-bond donors (Lipinski definition) is 0. The third-order valence-electron chi connectivity index (χ3n) is 6.13. The summed E-state index contributed by atoms with van der Waals surface area (Å²) in [5.74, 6) is -3.49. The molecule has 184 valence electrons. The molecule has 5 atom stereocenters. The van der Waals surface area contributed by atoms with Gasteiger partial charge in [0, 0.05) is 15.2 Å². The number of hydrogen-bond acceptors (Lipinski definition) is 8. The first-order valence-corrected chi connectivity index (χ1v) is 12.7. The number of halogens is 2. The molecule has 2 aliphatic rings. The highest BCUT2D eigenvalue weighted by Gasteiger charge is 2.54. The Labute approximate surface area is 217 Å². The fourth-order valence-electron chi connectivity index (χ4n) is 4.21. The standard InChI is InChI=1S/C24H21Br2NO8/c1-12(27-21(29)15-9-17(25)18(26)10-16(15)22(27)30)23(31)34-11-19(28)13-4-6-14(7-5-13)35-24(32)20-3-2-8-33-20/h2-8,12,15-18H,9-11H2,1H3. The van der Waals surface area contributed by atoms with Gasteiger partial charge in [0.2, 0.25) is 17.6 Å². The molecule has 4 rings (SSSR count). The van der Waals surface area contributed by atoms with Crippen molar-refractivity contribution >= 4 is 61.4 Å². The van der Waals surface area contributed by atoms with Crippen molar-refractivity contribution in [2.24, 2.45) is 11.8 Å². The lowest BCUT2D eigenvalue weighted by Crippen LogP contribution is -2.44. The normalized spacial score (nSPS) is 24.6. The van der Waals surface area contributed by atoms with Crippen LogP contribution in [0.5, 0.6) is 5.75 Å². The highest BCUT2D eigenvalue weighted by molar-refractivity contribution is 9.12. The molecule has 9 nitrogen and oxygen atoms in total. The number of furan rings is 1. The third-order valence-corrected chi connectivity index (χ3v) is 8.86. The average molecular weight is 611 g/mol. The molecule has 0 N–H and O–H groups in total. The summed E-state index contributed by atoms with van der Waals surface area (Å²) in [5, 5.41) is 0. The van der Waals surface area contributed by atoms with Gasteiger partial charge < -0.3 is 13.9 Å². The van der Waals surface area contributed by atoms with E-state index in [1.165, 1.54) is 43.5 Å². The van der Waals surface area contributed by atoms with Crippen LogP contribution in [0, 0.1) is 11.8 Å². The van der Waals surface area contributed by atoms with E-state index in [1.54, 1.807) is 6.07 Å². The van der Waals surface area contributed by atoms with Crippen LogP contribution in [-0.2, 0) is 19.1 Å². The van der Waals surface area contributed by atoms with Gasteiger partial charge in [-0.25, -0.2) is 9.59 Å². The summed E-state index contributed by atoms with van der Waals surface area (Å²) in [5.41, 5.74) is 0.231. The SMILES string of the molecule is CC(C(=O)OCC(=O)c1ccc(OC(=O)c2ccco2)cc1)N1C(=O)C2CC(Br)C(Br)CC2C1=O. The Balaban J connectivity index is 1.32. The van der Waals surface area contributed by atoms with Crippen LogP contribution < -0.4 is 4.74 Å². The lowest BCUT2D eigenvalue weighted by molar-refractivity contribution is -0.157. The van der Waals surface area contributed by atoms with Crippen molar-refractivity contribution in [1.82, 2.24) is 4.90 Å². The maximum absolute atomic E-state index is 12.8. The minimum atomic E-state index is -1.14. The second-order valence-electron chi connectivity index (χ2n) is 8.36. The molecule has 1 saturated heterocycles. The topological polar surface area (TPSA) is 120 Å². The Morgan fingerprint density at radius 1 is 1.03 bits per heavy atom. The molecule has 0 bridgehead atoms. The van der Waals surface area contributed by atoms with Crippen molar-refractivity contribution in [3.63, 3.8) is 0 Å². The first-order valence-electron chi connectivity index (χ1n) is 10.9. The quantitative estimate of drug-likeness (QED) is 0.153. The summed E-state index contributed by atoms with van der Waals surface area (Å²) >= 11 is 7.05. The Morgan fingerprint density at radius 2 is 1.63 bits per heavy atom. The second-order valence-corrected chi connectivity index (χ2v) is 10.7. The Bertz CT molecular complexity index is 1120. The van der Waals surface area contributed by atoms with E-state index in [0.29, 0.717) is 12.8 Å². The monoisotopic (exact) mass is 609 g/mol. The predicted molar refractivity (Wildman–Crippen MR) is 128 cm³/mol. The molecule has 35 heavy (non-hydrogen) atoms. The average Bonchev–Trinajstić information content (AvgIpc) is 3.46. The number of alkyl halides is 2. The molecule has 1 saturated carbocycles.